The maximum atomic E-state index is 13.9. The maximum absolute atomic E-state index is 13.9. The van der Waals surface area contributed by atoms with Gasteiger partial charge in [0.05, 0.1) is 30.0 Å². The van der Waals surface area contributed by atoms with E-state index in [1.165, 1.54) is 23.5 Å². The van der Waals surface area contributed by atoms with E-state index in [4.69, 9.17) is 25.8 Å². The minimum absolute atomic E-state index is 0. The first-order chi connectivity index (χ1) is 16.1. The second kappa shape index (κ2) is 12.5. The number of amides is 1. The van der Waals surface area contributed by atoms with Crippen LogP contribution in [-0.2, 0) is 9.53 Å². The van der Waals surface area contributed by atoms with Gasteiger partial charge in [0, 0.05) is 26.2 Å². The number of carbonyl (C=O) groups excluding carboxylic acids is 1. The summed E-state index contributed by atoms with van der Waals surface area (Å²) in [5, 5.41) is 1.04. The van der Waals surface area contributed by atoms with Crippen LogP contribution in [-0.4, -0.2) is 68.9 Å². The Bertz CT molecular complexity index is 1110. The lowest BCUT2D eigenvalue weighted by atomic mass is 10.3. The number of methoxy groups -OCH3 is 1. The van der Waals surface area contributed by atoms with Gasteiger partial charge in [-0.1, -0.05) is 35.1 Å². The molecule has 0 aliphatic carbocycles. The van der Waals surface area contributed by atoms with Gasteiger partial charge in [-0.15, -0.1) is 12.4 Å². The number of rotatable bonds is 9. The number of hydrogen-bond acceptors (Lipinski definition) is 7. The molecule has 0 unspecified atom stereocenters. The van der Waals surface area contributed by atoms with E-state index in [9.17, 15) is 9.18 Å². The van der Waals surface area contributed by atoms with Gasteiger partial charge < -0.3 is 14.2 Å². The summed E-state index contributed by atoms with van der Waals surface area (Å²) in [4.78, 5) is 21.7. The van der Waals surface area contributed by atoms with E-state index in [1.807, 2.05) is 0 Å². The van der Waals surface area contributed by atoms with Gasteiger partial charge in [0.25, 0.3) is 5.91 Å². The van der Waals surface area contributed by atoms with Crippen molar-refractivity contribution in [3.05, 3.63) is 47.2 Å². The first kappa shape index (κ1) is 26.4. The number of ether oxygens (including phenoxy) is 3. The first-order valence-electron chi connectivity index (χ1n) is 10.7. The highest BCUT2D eigenvalue weighted by Crippen LogP contribution is 2.38. The van der Waals surface area contributed by atoms with Gasteiger partial charge in [-0.05, 0) is 30.7 Å². The van der Waals surface area contributed by atoms with Crippen LogP contribution in [0.1, 0.15) is 6.42 Å². The van der Waals surface area contributed by atoms with E-state index in [1.54, 1.807) is 36.3 Å². The second-order valence-corrected chi connectivity index (χ2v) is 8.88. The summed E-state index contributed by atoms with van der Waals surface area (Å²) in [6.45, 7) is 4.15. The molecule has 34 heavy (non-hydrogen) atoms. The number of anilines is 1. The highest BCUT2D eigenvalue weighted by atomic mass is 35.5. The van der Waals surface area contributed by atoms with Crippen LogP contribution in [0.5, 0.6) is 11.5 Å². The monoisotopic (exact) mass is 529 g/mol. The average molecular weight is 530 g/mol. The molecule has 2 heterocycles. The molecule has 1 fully saturated rings. The fourth-order valence-electron chi connectivity index (χ4n) is 3.60. The fraction of sp³-hybridized carbons (Fsp3) is 0.391. The number of halogens is 3. The zero-order valence-corrected chi connectivity index (χ0v) is 21.1. The third-order valence-electron chi connectivity index (χ3n) is 5.35. The lowest BCUT2D eigenvalue weighted by Gasteiger charge is -2.27. The van der Waals surface area contributed by atoms with Crippen molar-refractivity contribution in [2.24, 2.45) is 0 Å². The Kier molecular flexibility index (Phi) is 9.73. The Morgan fingerprint density at radius 2 is 2.00 bits per heavy atom. The number of para-hydroxylation sites is 1. The third kappa shape index (κ3) is 6.28. The molecule has 0 spiro atoms. The van der Waals surface area contributed by atoms with Gasteiger partial charge in [0.2, 0.25) is 0 Å². The Labute approximate surface area is 212 Å². The van der Waals surface area contributed by atoms with E-state index in [0.717, 1.165) is 44.0 Å². The quantitative estimate of drug-likeness (QED) is 0.401. The van der Waals surface area contributed by atoms with Crippen molar-refractivity contribution in [3.63, 3.8) is 0 Å². The number of fused-ring (bicyclic) bond motifs is 1. The smallest absolute Gasteiger partial charge is 0.266 e. The van der Waals surface area contributed by atoms with Crippen LogP contribution in [0, 0.1) is 5.82 Å². The standard InChI is InChI=1S/C23H25ClFN3O4S.ClH/c1-30-19-8-7-16(24)22-21(19)26-23(33-22)28(10-4-9-27-11-13-31-14-12-27)20(29)15-32-18-6-3-2-5-17(18)25;/h2-3,5-8H,4,9-15H2,1H3;1H. The van der Waals surface area contributed by atoms with Gasteiger partial charge in [-0.25, -0.2) is 9.37 Å². The SMILES string of the molecule is COc1ccc(Cl)c2sc(N(CCCN3CCOCC3)C(=O)COc3ccccc3F)nc12.Cl. The summed E-state index contributed by atoms with van der Waals surface area (Å²) in [5.74, 6) is -0.205. The Balaban J connectivity index is 0.00000324. The van der Waals surface area contributed by atoms with E-state index >= 15 is 0 Å². The van der Waals surface area contributed by atoms with Crippen LogP contribution in [0.4, 0.5) is 9.52 Å². The molecular weight excluding hydrogens is 504 g/mol. The molecule has 1 saturated heterocycles. The molecular formula is C23H26Cl2FN3O4S. The van der Waals surface area contributed by atoms with Crippen LogP contribution in [0.15, 0.2) is 36.4 Å². The highest BCUT2D eigenvalue weighted by molar-refractivity contribution is 7.23. The molecule has 1 aromatic heterocycles. The molecule has 1 amide bonds. The van der Waals surface area contributed by atoms with Gasteiger partial charge in [-0.3, -0.25) is 14.6 Å². The van der Waals surface area contributed by atoms with Crippen LogP contribution in [0.3, 0.4) is 0 Å². The summed E-state index contributed by atoms with van der Waals surface area (Å²) in [6, 6.07) is 9.51. The van der Waals surface area contributed by atoms with Crippen molar-refractivity contribution >= 4 is 56.6 Å². The van der Waals surface area contributed by atoms with Crippen LogP contribution < -0.4 is 14.4 Å². The van der Waals surface area contributed by atoms with Gasteiger partial charge in [0.1, 0.15) is 11.3 Å². The topological polar surface area (TPSA) is 64.1 Å². The number of hydrogen-bond donors (Lipinski definition) is 0. The number of aromatic nitrogens is 1. The first-order valence-corrected chi connectivity index (χ1v) is 11.9. The minimum atomic E-state index is -0.513. The molecule has 4 rings (SSSR count). The van der Waals surface area contributed by atoms with Crippen LogP contribution in [0.25, 0.3) is 10.2 Å². The molecule has 11 heteroatoms. The minimum Gasteiger partial charge on any atom is -0.494 e. The fourth-order valence-corrected chi connectivity index (χ4v) is 4.90. The molecule has 2 aromatic carbocycles. The number of thiazole rings is 1. The van der Waals surface area contributed by atoms with E-state index in [0.29, 0.717) is 28.0 Å². The van der Waals surface area contributed by atoms with Crippen LogP contribution >= 0.6 is 35.3 Å². The normalized spacial score (nSPS) is 14.0. The maximum Gasteiger partial charge on any atom is 0.266 e. The van der Waals surface area contributed by atoms with Gasteiger partial charge >= 0.3 is 0 Å². The Morgan fingerprint density at radius 3 is 2.74 bits per heavy atom. The molecule has 3 aromatic rings. The summed E-state index contributed by atoms with van der Waals surface area (Å²) >= 11 is 7.69. The van der Waals surface area contributed by atoms with Crippen LogP contribution in [0.2, 0.25) is 5.02 Å². The molecule has 184 valence electrons. The zero-order valence-electron chi connectivity index (χ0n) is 18.7. The lowest BCUT2D eigenvalue weighted by molar-refractivity contribution is -0.120. The van der Waals surface area contributed by atoms with E-state index in [-0.39, 0.29) is 30.7 Å². The molecule has 0 atom stereocenters. The highest BCUT2D eigenvalue weighted by Gasteiger charge is 2.23. The van der Waals surface area contributed by atoms with E-state index < -0.39 is 5.82 Å². The number of carbonyl (C=O) groups is 1. The Hall–Kier alpha value is -2.17. The number of morpholine rings is 1. The summed E-state index contributed by atoms with van der Waals surface area (Å²) in [7, 11) is 1.56. The number of nitrogens with zero attached hydrogens (tertiary/aromatic N) is 3. The lowest BCUT2D eigenvalue weighted by Crippen LogP contribution is -2.40. The predicted molar refractivity (Wildman–Crippen MR) is 135 cm³/mol. The van der Waals surface area contributed by atoms with Crippen molar-refractivity contribution in [2.75, 3.05) is 58.0 Å². The molecule has 0 saturated carbocycles. The van der Waals surface area contributed by atoms with Gasteiger partial charge in [0.15, 0.2) is 23.3 Å². The predicted octanol–water partition coefficient (Wildman–Crippen LogP) is 4.65. The summed E-state index contributed by atoms with van der Waals surface area (Å²) in [5.41, 5.74) is 0.603. The van der Waals surface area contributed by atoms with Crippen molar-refractivity contribution in [2.45, 2.75) is 6.42 Å². The van der Waals surface area contributed by atoms with Gasteiger partial charge in [-0.2, -0.15) is 0 Å². The number of benzene rings is 2. The second-order valence-electron chi connectivity index (χ2n) is 7.50. The van der Waals surface area contributed by atoms with Crippen molar-refractivity contribution < 1.29 is 23.4 Å². The molecule has 0 N–H and O–H groups in total. The van der Waals surface area contributed by atoms with Crippen molar-refractivity contribution in [3.8, 4) is 11.5 Å². The van der Waals surface area contributed by atoms with Crippen molar-refractivity contribution in [1.82, 2.24) is 9.88 Å². The average Bonchev–Trinajstić information content (AvgIpc) is 3.28. The molecule has 1 aliphatic heterocycles. The zero-order chi connectivity index (χ0) is 23.2. The molecule has 7 nitrogen and oxygen atoms in total. The summed E-state index contributed by atoms with van der Waals surface area (Å²) in [6.07, 6.45) is 0.742. The van der Waals surface area contributed by atoms with E-state index in [2.05, 4.69) is 9.88 Å². The molecule has 0 bridgehead atoms. The largest absolute Gasteiger partial charge is 0.494 e. The van der Waals surface area contributed by atoms with Crippen molar-refractivity contribution in [1.29, 1.82) is 0 Å². The molecule has 0 radical (unpaired) electrons. The molecule has 1 aliphatic rings. The Morgan fingerprint density at radius 1 is 1.24 bits per heavy atom. The summed E-state index contributed by atoms with van der Waals surface area (Å²) < 4.78 is 31.0. The third-order valence-corrected chi connectivity index (χ3v) is 6.89.